The zero-order chi connectivity index (χ0) is 9.45. The first-order valence-electron chi connectivity index (χ1n) is 4.57. The molecule has 0 unspecified atom stereocenters. The topological polar surface area (TPSA) is 20.2 Å². The highest BCUT2D eigenvalue weighted by Crippen LogP contribution is 2.24. The molecule has 1 N–H and O–H groups in total. The van der Waals surface area contributed by atoms with Gasteiger partial charge in [0.1, 0.15) is 0 Å². The molecule has 0 fully saturated rings. The Labute approximate surface area is 75.8 Å². The Bertz CT molecular complexity index is 152. The van der Waals surface area contributed by atoms with Crippen molar-refractivity contribution in [3.8, 4) is 0 Å². The van der Waals surface area contributed by atoms with E-state index in [1.54, 1.807) is 0 Å². The maximum atomic E-state index is 7.88. The molecule has 1 rings (SSSR count). The lowest BCUT2D eigenvalue weighted by molar-refractivity contribution is 0.295. The van der Waals surface area contributed by atoms with Crippen LogP contribution in [-0.4, -0.2) is 11.7 Å². The van der Waals surface area contributed by atoms with Gasteiger partial charge in [0.05, 0.1) is 0 Å². The summed E-state index contributed by atoms with van der Waals surface area (Å²) < 4.78 is 0. The summed E-state index contributed by atoms with van der Waals surface area (Å²) in [4.78, 5) is 0. The van der Waals surface area contributed by atoms with E-state index < -0.39 is 0 Å². The van der Waals surface area contributed by atoms with E-state index in [0.29, 0.717) is 12.0 Å². The lowest BCUT2D eigenvalue weighted by Gasteiger charge is -2.19. The summed E-state index contributed by atoms with van der Waals surface area (Å²) in [5.41, 5.74) is 0.411. The van der Waals surface area contributed by atoms with E-state index in [1.807, 2.05) is 6.92 Å². The average molecular weight is 168 g/mol. The number of allylic oxidation sites excluding steroid dienone is 4. The summed E-state index contributed by atoms with van der Waals surface area (Å²) in [6, 6.07) is 0. The molecule has 1 heteroatoms. The quantitative estimate of drug-likeness (QED) is 0.638. The predicted molar refractivity (Wildman–Crippen MR) is 54.1 cm³/mol. The van der Waals surface area contributed by atoms with Crippen molar-refractivity contribution in [2.45, 2.75) is 33.6 Å². The van der Waals surface area contributed by atoms with Gasteiger partial charge < -0.3 is 5.11 Å². The highest BCUT2D eigenvalue weighted by molar-refractivity contribution is 5.13. The molecule has 0 saturated heterocycles. The highest BCUT2D eigenvalue weighted by atomic mass is 16.2. The van der Waals surface area contributed by atoms with Gasteiger partial charge in [-0.2, -0.15) is 0 Å². The van der Waals surface area contributed by atoms with Gasteiger partial charge in [-0.25, -0.2) is 0 Å². The number of aliphatic hydroxyl groups is 1. The molecule has 0 heterocycles. The number of rotatable bonds is 1. The van der Waals surface area contributed by atoms with Gasteiger partial charge >= 0.3 is 0 Å². The Balaban J connectivity index is 0.000000261. The molecule has 0 aromatic carbocycles. The van der Waals surface area contributed by atoms with Crippen LogP contribution in [0.5, 0.6) is 0 Å². The average Bonchev–Trinajstić information content (AvgIpc) is 2.05. The first kappa shape index (κ1) is 11.4. The van der Waals surface area contributed by atoms with Gasteiger partial charge in [0.15, 0.2) is 0 Å². The van der Waals surface area contributed by atoms with Crippen LogP contribution >= 0.6 is 0 Å². The van der Waals surface area contributed by atoms with E-state index in [9.17, 15) is 0 Å². The molecular weight excluding hydrogens is 148 g/mol. The molecule has 1 aliphatic carbocycles. The fourth-order valence-electron chi connectivity index (χ4n) is 0.834. The Morgan fingerprint density at radius 1 is 1.33 bits per heavy atom. The van der Waals surface area contributed by atoms with Crippen LogP contribution < -0.4 is 0 Å². The molecule has 0 aliphatic heterocycles. The van der Waals surface area contributed by atoms with Crippen molar-refractivity contribution in [3.63, 3.8) is 0 Å². The third kappa shape index (κ3) is 6.17. The summed E-state index contributed by atoms with van der Waals surface area (Å²) in [6.07, 6.45) is 10.7. The Morgan fingerprint density at radius 3 is 2.08 bits per heavy atom. The molecule has 0 saturated carbocycles. The minimum Gasteiger partial charge on any atom is -0.396 e. The van der Waals surface area contributed by atoms with E-state index in [0.717, 1.165) is 6.42 Å². The van der Waals surface area contributed by atoms with Gasteiger partial charge in [0.2, 0.25) is 0 Å². The lowest BCUT2D eigenvalue weighted by Crippen LogP contribution is -2.06. The Hall–Kier alpha value is -0.560. The van der Waals surface area contributed by atoms with Gasteiger partial charge in [-0.15, -0.1) is 0 Å². The zero-order valence-corrected chi connectivity index (χ0v) is 8.38. The van der Waals surface area contributed by atoms with Gasteiger partial charge in [0.25, 0.3) is 0 Å². The van der Waals surface area contributed by atoms with E-state index in [4.69, 9.17) is 5.11 Å². The zero-order valence-electron chi connectivity index (χ0n) is 8.38. The standard InChI is InChI=1S/C8H12.C3H8O/c1-8(2)6-4-3-5-7-8;1-2-3-4/h3-6H,7H2,1-2H3;4H,2-3H2,1H3. The molecule has 0 aromatic heterocycles. The fraction of sp³-hybridized carbons (Fsp3) is 0.636. The summed E-state index contributed by atoms with van der Waals surface area (Å²) in [5.74, 6) is 0. The number of hydrogen-bond donors (Lipinski definition) is 1. The molecule has 70 valence electrons. The third-order valence-electron chi connectivity index (χ3n) is 1.66. The van der Waals surface area contributed by atoms with Crippen molar-refractivity contribution >= 4 is 0 Å². The van der Waals surface area contributed by atoms with Crippen LogP contribution in [0.1, 0.15) is 33.6 Å². The van der Waals surface area contributed by atoms with E-state index >= 15 is 0 Å². The van der Waals surface area contributed by atoms with E-state index in [1.165, 1.54) is 6.42 Å². The molecule has 0 atom stereocenters. The summed E-state index contributed by atoms with van der Waals surface area (Å²) in [5, 5.41) is 7.88. The molecular formula is C11H20O. The summed E-state index contributed by atoms with van der Waals surface area (Å²) in [6.45, 7) is 6.74. The first-order valence-corrected chi connectivity index (χ1v) is 4.57. The van der Waals surface area contributed by atoms with Gasteiger partial charge in [-0.3, -0.25) is 0 Å². The summed E-state index contributed by atoms with van der Waals surface area (Å²) in [7, 11) is 0. The minimum atomic E-state index is 0.319. The van der Waals surface area contributed by atoms with Crippen molar-refractivity contribution in [1.82, 2.24) is 0 Å². The van der Waals surface area contributed by atoms with Crippen LogP contribution in [0.25, 0.3) is 0 Å². The van der Waals surface area contributed by atoms with E-state index in [-0.39, 0.29) is 0 Å². The van der Waals surface area contributed by atoms with Gasteiger partial charge in [0, 0.05) is 6.61 Å². The van der Waals surface area contributed by atoms with Crippen LogP contribution in [0.4, 0.5) is 0 Å². The largest absolute Gasteiger partial charge is 0.396 e. The number of aliphatic hydroxyl groups excluding tert-OH is 1. The van der Waals surface area contributed by atoms with Crippen molar-refractivity contribution in [2.75, 3.05) is 6.61 Å². The monoisotopic (exact) mass is 168 g/mol. The van der Waals surface area contributed by atoms with Crippen molar-refractivity contribution in [3.05, 3.63) is 24.3 Å². The lowest BCUT2D eigenvalue weighted by atomic mass is 9.86. The predicted octanol–water partition coefficient (Wildman–Crippen LogP) is 2.92. The fourth-order valence-corrected chi connectivity index (χ4v) is 0.834. The second-order valence-corrected chi connectivity index (χ2v) is 3.70. The van der Waals surface area contributed by atoms with Crippen molar-refractivity contribution in [1.29, 1.82) is 0 Å². The van der Waals surface area contributed by atoms with Crippen LogP contribution in [0.2, 0.25) is 0 Å². The van der Waals surface area contributed by atoms with Crippen LogP contribution in [0.15, 0.2) is 24.3 Å². The summed E-state index contributed by atoms with van der Waals surface area (Å²) >= 11 is 0. The molecule has 0 radical (unpaired) electrons. The molecule has 0 amide bonds. The Kier molecular flexibility index (Phi) is 5.73. The van der Waals surface area contributed by atoms with Gasteiger partial charge in [-0.1, -0.05) is 45.1 Å². The molecule has 0 aromatic rings. The maximum Gasteiger partial charge on any atom is 0.0428 e. The molecule has 0 spiro atoms. The molecule has 1 nitrogen and oxygen atoms in total. The van der Waals surface area contributed by atoms with Gasteiger partial charge in [-0.05, 0) is 18.3 Å². The smallest absolute Gasteiger partial charge is 0.0428 e. The normalized spacial score (nSPS) is 18.3. The maximum absolute atomic E-state index is 7.88. The SMILES string of the molecule is CC1(C)C=CC=CC1.CCCO. The van der Waals surface area contributed by atoms with E-state index in [2.05, 4.69) is 38.2 Å². The van der Waals surface area contributed by atoms with Crippen molar-refractivity contribution in [2.24, 2.45) is 5.41 Å². The molecule has 1 aliphatic rings. The minimum absolute atomic E-state index is 0.319. The van der Waals surface area contributed by atoms with Crippen LogP contribution in [0, 0.1) is 5.41 Å². The van der Waals surface area contributed by atoms with Crippen LogP contribution in [-0.2, 0) is 0 Å². The van der Waals surface area contributed by atoms with Crippen molar-refractivity contribution < 1.29 is 5.11 Å². The second kappa shape index (κ2) is 6.01. The number of hydrogen-bond acceptors (Lipinski definition) is 1. The molecule has 12 heavy (non-hydrogen) atoms. The Morgan fingerprint density at radius 2 is 1.92 bits per heavy atom. The first-order chi connectivity index (χ1) is 5.62. The van der Waals surface area contributed by atoms with Crippen LogP contribution in [0.3, 0.4) is 0 Å². The second-order valence-electron chi connectivity index (χ2n) is 3.70. The molecule has 0 bridgehead atoms. The third-order valence-corrected chi connectivity index (χ3v) is 1.66. The highest BCUT2D eigenvalue weighted by Gasteiger charge is 2.11.